The van der Waals surface area contributed by atoms with Gasteiger partial charge in [0.1, 0.15) is 6.17 Å². The third-order valence-electron chi connectivity index (χ3n) is 5.23. The maximum absolute atomic E-state index is 13.5. The maximum Gasteiger partial charge on any atom is 0.387 e. The minimum atomic E-state index is -4.26. The third-order valence-corrected chi connectivity index (χ3v) is 9.03. The number of hydrogen-bond acceptors (Lipinski definition) is 5. The van der Waals surface area contributed by atoms with Crippen molar-refractivity contribution in [2.24, 2.45) is 0 Å². The van der Waals surface area contributed by atoms with Crippen molar-refractivity contribution in [1.29, 1.82) is 0 Å². The molecular weight excluding hydrogens is 480 g/mol. The summed E-state index contributed by atoms with van der Waals surface area (Å²) in [6.45, 7) is 7.15. The first-order chi connectivity index (χ1) is 13.5. The predicted molar refractivity (Wildman–Crippen MR) is 112 cm³/mol. The zero-order chi connectivity index (χ0) is 21.2. The van der Waals surface area contributed by atoms with Crippen LogP contribution in [0.4, 0.5) is 0 Å². The van der Waals surface area contributed by atoms with E-state index in [1.54, 1.807) is 31.2 Å². The lowest BCUT2D eigenvalue weighted by Gasteiger charge is -2.37. The smallest absolute Gasteiger partial charge is 0.370 e. The third kappa shape index (κ3) is 3.14. The lowest BCUT2D eigenvalue weighted by Crippen LogP contribution is -2.50. The first kappa shape index (κ1) is 20.5. The van der Waals surface area contributed by atoms with Gasteiger partial charge in [0.25, 0.3) is 0 Å². The fraction of sp³-hybridized carbons (Fsp3) is 0.263. The zero-order valence-electron chi connectivity index (χ0n) is 15.7. The summed E-state index contributed by atoms with van der Waals surface area (Å²) in [5.41, 5.74) is 0.197. The quantitative estimate of drug-likeness (QED) is 0.605. The summed E-state index contributed by atoms with van der Waals surface area (Å²) < 4.78 is 61.2. The van der Waals surface area contributed by atoms with Gasteiger partial charge in [0.15, 0.2) is 5.75 Å². The Balaban J connectivity index is 1.96. The van der Waals surface area contributed by atoms with Gasteiger partial charge in [0.2, 0.25) is 10.0 Å². The highest BCUT2D eigenvalue weighted by atomic mass is 79.9. The van der Waals surface area contributed by atoms with Crippen molar-refractivity contribution < 1.29 is 21.0 Å². The van der Waals surface area contributed by atoms with Crippen molar-refractivity contribution in [3.8, 4) is 5.75 Å². The van der Waals surface area contributed by atoms with Crippen LogP contribution in [0.25, 0.3) is 0 Å². The summed E-state index contributed by atoms with van der Waals surface area (Å²) in [5.74, 6) is 0.0954. The molecule has 0 unspecified atom stereocenters. The van der Waals surface area contributed by atoms with Gasteiger partial charge in [-0.1, -0.05) is 45.8 Å². The molecule has 2 aliphatic heterocycles. The van der Waals surface area contributed by atoms with Gasteiger partial charge in [-0.15, -0.1) is 10.9 Å². The molecular formula is C19H19BrN2O5S2. The van der Waals surface area contributed by atoms with E-state index in [4.69, 9.17) is 4.18 Å². The highest BCUT2D eigenvalue weighted by Crippen LogP contribution is 2.51. The average Bonchev–Trinajstić information content (AvgIpc) is 2.98. The van der Waals surface area contributed by atoms with Crippen molar-refractivity contribution in [2.75, 3.05) is 6.54 Å². The molecule has 1 fully saturated rings. The van der Waals surface area contributed by atoms with Crippen molar-refractivity contribution >= 4 is 36.3 Å². The van der Waals surface area contributed by atoms with E-state index in [1.165, 1.54) is 28.6 Å². The Morgan fingerprint density at radius 2 is 1.90 bits per heavy atom. The number of benzene rings is 2. The Morgan fingerprint density at radius 1 is 1.24 bits per heavy atom. The largest absolute Gasteiger partial charge is 0.387 e. The van der Waals surface area contributed by atoms with Crippen LogP contribution in [0.15, 0.2) is 64.5 Å². The number of nitrogens with zero attached hydrogens (tertiary/aromatic N) is 2. The van der Waals surface area contributed by atoms with Crippen molar-refractivity contribution in [2.45, 2.75) is 30.4 Å². The number of aryl methyl sites for hydroxylation is 1. The van der Waals surface area contributed by atoms with Gasteiger partial charge >= 0.3 is 10.3 Å². The molecule has 29 heavy (non-hydrogen) atoms. The first-order valence-corrected chi connectivity index (χ1v) is 12.3. The summed E-state index contributed by atoms with van der Waals surface area (Å²) in [5, 5.41) is 0. The van der Waals surface area contributed by atoms with Crippen molar-refractivity contribution in [3.63, 3.8) is 0 Å². The number of halogens is 1. The topological polar surface area (TPSA) is 84.0 Å². The van der Waals surface area contributed by atoms with Crippen LogP contribution in [0.3, 0.4) is 0 Å². The Labute approximate surface area is 179 Å². The van der Waals surface area contributed by atoms with E-state index in [0.29, 0.717) is 10.0 Å². The van der Waals surface area contributed by atoms with Gasteiger partial charge in [-0.2, -0.15) is 12.7 Å². The zero-order valence-corrected chi connectivity index (χ0v) is 19.0. The van der Waals surface area contributed by atoms with E-state index in [2.05, 4.69) is 22.5 Å². The number of fused-ring (bicyclic) bond motifs is 3. The molecule has 0 N–H and O–H groups in total. The van der Waals surface area contributed by atoms with Crippen LogP contribution in [0.1, 0.15) is 24.2 Å². The Bertz CT molecular complexity index is 1210. The van der Waals surface area contributed by atoms with E-state index in [1.807, 2.05) is 6.92 Å². The predicted octanol–water partition coefficient (Wildman–Crippen LogP) is 3.34. The second-order valence-corrected chi connectivity index (χ2v) is 11.5. The van der Waals surface area contributed by atoms with E-state index >= 15 is 0 Å². The lowest BCUT2D eigenvalue weighted by atomic mass is 10.0. The van der Waals surface area contributed by atoms with Gasteiger partial charge in [0, 0.05) is 16.6 Å². The molecule has 154 valence electrons. The molecule has 1 saturated heterocycles. The van der Waals surface area contributed by atoms with Gasteiger partial charge in [-0.05, 0) is 38.1 Å². The number of rotatable bonds is 3. The SMILES string of the molecule is C=C[C@@]1(C)CN(S(=O)(=O)c2ccc(C)cc2)[C@H]2c3ccc(Br)cc3OS(=O)(=O)N21. The normalized spacial score (nSPS) is 26.4. The van der Waals surface area contributed by atoms with Gasteiger partial charge in [0.05, 0.1) is 10.4 Å². The van der Waals surface area contributed by atoms with E-state index in [9.17, 15) is 16.8 Å². The first-order valence-electron chi connectivity index (χ1n) is 8.75. The van der Waals surface area contributed by atoms with Crippen LogP contribution >= 0.6 is 15.9 Å². The van der Waals surface area contributed by atoms with E-state index in [-0.39, 0.29) is 17.2 Å². The highest BCUT2D eigenvalue weighted by molar-refractivity contribution is 9.10. The Morgan fingerprint density at radius 3 is 2.52 bits per heavy atom. The summed E-state index contributed by atoms with van der Waals surface area (Å²) in [4.78, 5) is 0.0962. The molecule has 2 aromatic rings. The van der Waals surface area contributed by atoms with Crippen LogP contribution in [0.2, 0.25) is 0 Å². The molecule has 0 saturated carbocycles. The summed E-state index contributed by atoms with van der Waals surface area (Å²) in [6, 6.07) is 11.4. The molecule has 2 aliphatic rings. The summed E-state index contributed by atoms with van der Waals surface area (Å²) in [7, 11) is -8.25. The van der Waals surface area contributed by atoms with Gasteiger partial charge in [-0.3, -0.25) is 0 Å². The number of hydrogen-bond donors (Lipinski definition) is 0. The number of sulfonamides is 1. The fourth-order valence-corrected chi connectivity index (χ4v) is 7.31. The fourth-order valence-electron chi connectivity index (χ4n) is 3.69. The molecule has 2 aromatic carbocycles. The second-order valence-electron chi connectivity index (χ2n) is 7.32. The molecule has 0 aliphatic carbocycles. The average molecular weight is 499 g/mol. The molecule has 0 amide bonds. The minimum absolute atomic E-state index is 0.0878. The van der Waals surface area contributed by atoms with Gasteiger partial charge < -0.3 is 4.18 Å². The monoisotopic (exact) mass is 498 g/mol. The molecule has 2 atom stereocenters. The molecule has 4 rings (SSSR count). The summed E-state index contributed by atoms with van der Waals surface area (Å²) >= 11 is 3.30. The highest BCUT2D eigenvalue weighted by Gasteiger charge is 2.60. The molecule has 0 spiro atoms. The maximum atomic E-state index is 13.5. The van der Waals surface area contributed by atoms with Crippen molar-refractivity contribution in [1.82, 2.24) is 8.61 Å². The molecule has 0 radical (unpaired) electrons. The Kier molecular flexibility index (Phi) is 4.71. The van der Waals surface area contributed by atoms with Crippen LogP contribution < -0.4 is 4.18 Å². The lowest BCUT2D eigenvalue weighted by molar-refractivity contribution is 0.209. The van der Waals surface area contributed by atoms with Crippen molar-refractivity contribution in [3.05, 3.63) is 70.7 Å². The Hall–Kier alpha value is -1.72. The molecule has 2 heterocycles. The van der Waals surface area contributed by atoms with Crippen LogP contribution in [0.5, 0.6) is 5.75 Å². The van der Waals surface area contributed by atoms with Gasteiger partial charge in [-0.25, -0.2) is 8.42 Å². The minimum Gasteiger partial charge on any atom is -0.370 e. The van der Waals surface area contributed by atoms with Crippen LogP contribution in [-0.2, 0) is 20.3 Å². The molecule has 0 bridgehead atoms. The molecule has 0 aromatic heterocycles. The van der Waals surface area contributed by atoms with E-state index in [0.717, 1.165) is 9.87 Å². The molecule has 7 nitrogen and oxygen atoms in total. The van der Waals surface area contributed by atoms with E-state index < -0.39 is 32.0 Å². The van der Waals surface area contributed by atoms with Crippen LogP contribution in [-0.4, -0.2) is 37.5 Å². The van der Waals surface area contributed by atoms with Crippen LogP contribution in [0, 0.1) is 6.92 Å². The second kappa shape index (κ2) is 6.64. The molecule has 10 heteroatoms. The standard InChI is InChI=1S/C19H19BrN2O5S2/c1-4-19(3)12-21(28(23,24)15-8-5-13(2)6-9-15)18-16-10-7-14(20)11-17(16)27-29(25,26)22(18)19/h4-11,18H,1,12H2,2-3H3/t18-,19+/m1/s1. The summed E-state index contributed by atoms with van der Waals surface area (Å²) in [6.07, 6.45) is 0.362.